The van der Waals surface area contributed by atoms with E-state index in [1.807, 2.05) is 0 Å². The molecule has 0 aliphatic heterocycles. The molecule has 5 nitrogen and oxygen atoms in total. The quantitative estimate of drug-likeness (QED) is 0.471. The average Bonchev–Trinajstić information content (AvgIpc) is 2.02. The first-order chi connectivity index (χ1) is 6.11. The van der Waals surface area contributed by atoms with Crippen molar-refractivity contribution in [1.29, 1.82) is 0 Å². The van der Waals surface area contributed by atoms with Gasteiger partial charge in [0.25, 0.3) is 0 Å². The van der Waals surface area contributed by atoms with Gasteiger partial charge in [0.05, 0.1) is 0 Å². The molecule has 0 fully saturated rings. The maximum atomic E-state index is 11.5. The Morgan fingerprint density at radius 1 is 1.31 bits per heavy atom. The van der Waals surface area contributed by atoms with E-state index in [-0.39, 0.29) is 11.9 Å². The van der Waals surface area contributed by atoms with Crippen LogP contribution in [0.2, 0.25) is 0 Å². The zero-order valence-corrected chi connectivity index (χ0v) is 8.20. The normalized spacial score (nSPS) is 12.6. The second kappa shape index (κ2) is 6.82. The van der Waals surface area contributed by atoms with E-state index in [2.05, 4.69) is 0 Å². The fourth-order valence-electron chi connectivity index (χ4n) is 1.08. The summed E-state index contributed by atoms with van der Waals surface area (Å²) in [7, 11) is 0. The summed E-state index contributed by atoms with van der Waals surface area (Å²) in [6, 6.07) is -0.106. The fourth-order valence-corrected chi connectivity index (χ4v) is 1.08. The Hall–Kier alpha value is -0.650. The van der Waals surface area contributed by atoms with Gasteiger partial charge in [0, 0.05) is 38.6 Å². The van der Waals surface area contributed by atoms with E-state index >= 15 is 0 Å². The van der Waals surface area contributed by atoms with Gasteiger partial charge in [-0.25, -0.2) is 0 Å². The molecule has 0 aromatic carbocycles. The zero-order chi connectivity index (χ0) is 10.3. The molecule has 0 heterocycles. The molecule has 0 aliphatic carbocycles. The van der Waals surface area contributed by atoms with Crippen LogP contribution < -0.4 is 17.2 Å². The van der Waals surface area contributed by atoms with Crippen molar-refractivity contribution < 1.29 is 4.79 Å². The van der Waals surface area contributed by atoms with Gasteiger partial charge in [-0.3, -0.25) is 4.79 Å². The molecule has 0 saturated heterocycles. The maximum Gasteiger partial charge on any atom is 0.224 e. The maximum absolute atomic E-state index is 11.5. The summed E-state index contributed by atoms with van der Waals surface area (Å²) in [5.74, 6) is 0.0332. The van der Waals surface area contributed by atoms with E-state index in [4.69, 9.17) is 17.2 Å². The predicted molar refractivity (Wildman–Crippen MR) is 53.0 cm³/mol. The van der Waals surface area contributed by atoms with Gasteiger partial charge in [0.2, 0.25) is 5.91 Å². The fraction of sp³-hybridized carbons (Fsp3) is 0.875. The van der Waals surface area contributed by atoms with Crippen molar-refractivity contribution in [1.82, 2.24) is 4.90 Å². The summed E-state index contributed by atoms with van der Waals surface area (Å²) in [5, 5.41) is 0. The first kappa shape index (κ1) is 12.3. The van der Waals surface area contributed by atoms with Crippen LogP contribution in [0.3, 0.4) is 0 Å². The Labute approximate surface area is 79.2 Å². The van der Waals surface area contributed by atoms with Crippen molar-refractivity contribution in [3.8, 4) is 0 Å². The van der Waals surface area contributed by atoms with Crippen molar-refractivity contribution in [2.45, 2.75) is 19.4 Å². The van der Waals surface area contributed by atoms with Gasteiger partial charge in [-0.1, -0.05) is 0 Å². The van der Waals surface area contributed by atoms with Crippen molar-refractivity contribution in [3.05, 3.63) is 0 Å². The molecule has 0 spiro atoms. The van der Waals surface area contributed by atoms with Crippen molar-refractivity contribution >= 4 is 5.91 Å². The topological polar surface area (TPSA) is 98.4 Å². The molecular weight excluding hydrogens is 168 g/mol. The van der Waals surface area contributed by atoms with Gasteiger partial charge in [-0.05, 0) is 6.92 Å². The van der Waals surface area contributed by atoms with Gasteiger partial charge in [0.1, 0.15) is 0 Å². The Balaban J connectivity index is 3.95. The molecule has 0 aromatic heterocycles. The number of hydrogen-bond donors (Lipinski definition) is 3. The number of rotatable bonds is 6. The number of carbonyl (C=O) groups excluding carboxylic acids is 1. The van der Waals surface area contributed by atoms with E-state index in [0.717, 1.165) is 0 Å². The van der Waals surface area contributed by atoms with Crippen LogP contribution in [-0.2, 0) is 4.79 Å². The molecule has 5 heteroatoms. The van der Waals surface area contributed by atoms with Crippen LogP contribution in [0.4, 0.5) is 0 Å². The minimum Gasteiger partial charge on any atom is -0.340 e. The lowest BCUT2D eigenvalue weighted by Gasteiger charge is -2.21. The summed E-state index contributed by atoms with van der Waals surface area (Å²) in [5.41, 5.74) is 16.2. The van der Waals surface area contributed by atoms with Gasteiger partial charge in [-0.15, -0.1) is 0 Å². The molecule has 0 aromatic rings. The van der Waals surface area contributed by atoms with Crippen LogP contribution in [0, 0.1) is 0 Å². The van der Waals surface area contributed by atoms with Crippen LogP contribution in [0.5, 0.6) is 0 Å². The lowest BCUT2D eigenvalue weighted by molar-refractivity contribution is -0.131. The van der Waals surface area contributed by atoms with Gasteiger partial charge in [-0.2, -0.15) is 0 Å². The number of nitrogens with zero attached hydrogens (tertiary/aromatic N) is 1. The van der Waals surface area contributed by atoms with Crippen LogP contribution >= 0.6 is 0 Å². The third-order valence-corrected chi connectivity index (χ3v) is 1.65. The SMILES string of the molecule is CC(N)CC(=O)N(CCN)CCN. The zero-order valence-electron chi connectivity index (χ0n) is 8.20. The summed E-state index contributed by atoms with van der Waals surface area (Å²) in [6.07, 6.45) is 0.361. The van der Waals surface area contributed by atoms with E-state index in [1.165, 1.54) is 0 Å². The van der Waals surface area contributed by atoms with Gasteiger partial charge < -0.3 is 22.1 Å². The standard InChI is InChI=1S/C8H20N4O/c1-7(11)6-8(13)12(4-2-9)5-3-10/h7H,2-6,9-11H2,1H3. The second-order valence-electron chi connectivity index (χ2n) is 3.14. The average molecular weight is 188 g/mol. The Kier molecular flexibility index (Phi) is 6.48. The molecular formula is C8H20N4O. The monoisotopic (exact) mass is 188 g/mol. The number of hydrogen-bond acceptors (Lipinski definition) is 4. The van der Waals surface area contributed by atoms with Crippen molar-refractivity contribution in [2.75, 3.05) is 26.2 Å². The van der Waals surface area contributed by atoms with E-state index < -0.39 is 0 Å². The summed E-state index contributed by atoms with van der Waals surface area (Å²) in [4.78, 5) is 13.1. The van der Waals surface area contributed by atoms with Crippen LogP contribution in [-0.4, -0.2) is 43.0 Å². The van der Waals surface area contributed by atoms with Crippen molar-refractivity contribution in [3.63, 3.8) is 0 Å². The first-order valence-corrected chi connectivity index (χ1v) is 4.55. The molecule has 0 rings (SSSR count). The van der Waals surface area contributed by atoms with E-state index in [9.17, 15) is 4.79 Å². The minimum atomic E-state index is -0.106. The summed E-state index contributed by atoms with van der Waals surface area (Å²) >= 11 is 0. The molecule has 1 atom stereocenters. The second-order valence-corrected chi connectivity index (χ2v) is 3.14. The molecule has 6 N–H and O–H groups in total. The Morgan fingerprint density at radius 3 is 2.08 bits per heavy atom. The Bertz CT molecular complexity index is 143. The molecule has 1 amide bonds. The minimum absolute atomic E-state index is 0.0332. The summed E-state index contributed by atoms with van der Waals surface area (Å²) in [6.45, 7) is 3.85. The smallest absolute Gasteiger partial charge is 0.224 e. The number of carbonyl (C=O) groups is 1. The lowest BCUT2D eigenvalue weighted by atomic mass is 10.2. The molecule has 78 valence electrons. The van der Waals surface area contributed by atoms with Gasteiger partial charge in [0.15, 0.2) is 0 Å². The molecule has 0 aliphatic rings. The molecule has 1 unspecified atom stereocenters. The molecule has 0 bridgehead atoms. The largest absolute Gasteiger partial charge is 0.340 e. The Morgan fingerprint density at radius 2 is 1.77 bits per heavy atom. The molecule has 0 radical (unpaired) electrons. The number of nitrogens with two attached hydrogens (primary N) is 3. The van der Waals surface area contributed by atoms with Crippen LogP contribution in [0.1, 0.15) is 13.3 Å². The first-order valence-electron chi connectivity index (χ1n) is 4.55. The highest BCUT2D eigenvalue weighted by Gasteiger charge is 2.12. The lowest BCUT2D eigenvalue weighted by Crippen LogP contribution is -2.40. The van der Waals surface area contributed by atoms with E-state index in [1.54, 1.807) is 11.8 Å². The highest BCUT2D eigenvalue weighted by atomic mass is 16.2. The molecule has 0 saturated carbocycles. The van der Waals surface area contributed by atoms with Crippen LogP contribution in [0.15, 0.2) is 0 Å². The van der Waals surface area contributed by atoms with Crippen LogP contribution in [0.25, 0.3) is 0 Å². The highest BCUT2D eigenvalue weighted by Crippen LogP contribution is 1.95. The number of amides is 1. The molecule has 13 heavy (non-hydrogen) atoms. The predicted octanol–water partition coefficient (Wildman–Crippen LogP) is -1.53. The van der Waals surface area contributed by atoms with E-state index in [0.29, 0.717) is 32.6 Å². The third kappa shape index (κ3) is 5.57. The highest BCUT2D eigenvalue weighted by molar-refractivity contribution is 5.76. The summed E-state index contributed by atoms with van der Waals surface area (Å²) < 4.78 is 0. The van der Waals surface area contributed by atoms with Crippen molar-refractivity contribution in [2.24, 2.45) is 17.2 Å². The van der Waals surface area contributed by atoms with Gasteiger partial charge >= 0.3 is 0 Å². The third-order valence-electron chi connectivity index (χ3n) is 1.65.